The normalized spacial score (nSPS) is 13.8. The summed E-state index contributed by atoms with van der Waals surface area (Å²) in [5, 5.41) is 8.88. The molecule has 3 heteroatoms. The number of rotatable bonds is 3. The van der Waals surface area contributed by atoms with Gasteiger partial charge in [0.05, 0.1) is 12.1 Å². The second-order valence-electron chi connectivity index (χ2n) is 5.70. The number of carbonyl (C=O) groups is 1. The van der Waals surface area contributed by atoms with Crippen LogP contribution in [0.3, 0.4) is 0 Å². The molecule has 108 valence electrons. The van der Waals surface area contributed by atoms with Crippen molar-refractivity contribution >= 4 is 5.97 Å². The fraction of sp³-hybridized carbons (Fsp3) is 0.333. The molecule has 0 radical (unpaired) electrons. The van der Waals surface area contributed by atoms with Crippen molar-refractivity contribution in [1.29, 1.82) is 0 Å². The van der Waals surface area contributed by atoms with Crippen LogP contribution >= 0.6 is 0 Å². The highest BCUT2D eigenvalue weighted by molar-refractivity contribution is 5.71. The molecule has 0 atom stereocenters. The van der Waals surface area contributed by atoms with Crippen molar-refractivity contribution < 1.29 is 9.90 Å². The zero-order valence-corrected chi connectivity index (χ0v) is 12.2. The highest BCUT2D eigenvalue weighted by atomic mass is 16.4. The van der Waals surface area contributed by atoms with Crippen LogP contribution in [0.4, 0.5) is 0 Å². The van der Waals surface area contributed by atoms with E-state index in [0.29, 0.717) is 0 Å². The number of carboxylic acid groups (broad SMARTS) is 1. The number of benzene rings is 1. The van der Waals surface area contributed by atoms with Crippen LogP contribution in [0.5, 0.6) is 0 Å². The van der Waals surface area contributed by atoms with Crippen molar-refractivity contribution in [3.05, 3.63) is 52.7 Å². The van der Waals surface area contributed by atoms with Gasteiger partial charge in [0.2, 0.25) is 0 Å². The van der Waals surface area contributed by atoms with Gasteiger partial charge in [0, 0.05) is 11.3 Å². The van der Waals surface area contributed by atoms with Gasteiger partial charge in [-0.1, -0.05) is 18.2 Å². The van der Waals surface area contributed by atoms with E-state index in [9.17, 15) is 4.79 Å². The van der Waals surface area contributed by atoms with Gasteiger partial charge < -0.3 is 5.11 Å². The lowest BCUT2D eigenvalue weighted by atomic mass is 9.90. The first kappa shape index (κ1) is 13.8. The highest BCUT2D eigenvalue weighted by Gasteiger charge is 2.12. The quantitative estimate of drug-likeness (QED) is 0.935. The predicted octanol–water partition coefficient (Wildman–Crippen LogP) is 3.56. The zero-order valence-electron chi connectivity index (χ0n) is 12.2. The minimum absolute atomic E-state index is 0.0311. The molecule has 1 aliphatic carbocycles. The van der Waals surface area contributed by atoms with Crippen LogP contribution in [-0.4, -0.2) is 16.1 Å². The lowest BCUT2D eigenvalue weighted by molar-refractivity contribution is -0.136. The van der Waals surface area contributed by atoms with Crippen molar-refractivity contribution in [2.45, 2.75) is 39.0 Å². The lowest BCUT2D eigenvalue weighted by Gasteiger charge is -2.16. The molecule has 0 saturated carbocycles. The van der Waals surface area contributed by atoms with Crippen LogP contribution in [0, 0.1) is 6.92 Å². The Morgan fingerprint density at radius 2 is 1.90 bits per heavy atom. The van der Waals surface area contributed by atoms with E-state index < -0.39 is 5.97 Å². The average Bonchev–Trinajstić information content (AvgIpc) is 2.48. The van der Waals surface area contributed by atoms with E-state index in [1.54, 1.807) is 0 Å². The summed E-state index contributed by atoms with van der Waals surface area (Å²) in [5.41, 5.74) is 6.53. The van der Waals surface area contributed by atoms with Gasteiger partial charge in [0.15, 0.2) is 0 Å². The molecule has 1 heterocycles. The van der Waals surface area contributed by atoms with Crippen molar-refractivity contribution in [2.75, 3.05) is 0 Å². The van der Waals surface area contributed by atoms with E-state index >= 15 is 0 Å². The van der Waals surface area contributed by atoms with Gasteiger partial charge in [-0.2, -0.15) is 0 Å². The van der Waals surface area contributed by atoms with Crippen molar-refractivity contribution in [3.8, 4) is 11.3 Å². The summed E-state index contributed by atoms with van der Waals surface area (Å²) in [6, 6.07) is 10.4. The summed E-state index contributed by atoms with van der Waals surface area (Å²) < 4.78 is 0. The molecule has 21 heavy (non-hydrogen) atoms. The SMILES string of the molecule is Cc1nc(-c2ccc3c(c2)CCCC3)ccc1CC(=O)O. The third-order valence-electron chi connectivity index (χ3n) is 4.18. The molecule has 0 fully saturated rings. The molecule has 0 amide bonds. The molecular weight excluding hydrogens is 262 g/mol. The lowest BCUT2D eigenvalue weighted by Crippen LogP contribution is -2.04. The van der Waals surface area contributed by atoms with Gasteiger partial charge in [-0.15, -0.1) is 0 Å². The van der Waals surface area contributed by atoms with Crippen molar-refractivity contribution in [3.63, 3.8) is 0 Å². The Hall–Kier alpha value is -2.16. The smallest absolute Gasteiger partial charge is 0.307 e. The zero-order chi connectivity index (χ0) is 14.8. The fourth-order valence-corrected chi connectivity index (χ4v) is 2.99. The van der Waals surface area contributed by atoms with Crippen LogP contribution < -0.4 is 0 Å². The van der Waals surface area contributed by atoms with E-state index in [0.717, 1.165) is 28.9 Å². The molecule has 3 nitrogen and oxygen atoms in total. The molecule has 0 saturated heterocycles. The van der Waals surface area contributed by atoms with Crippen LogP contribution in [0.1, 0.15) is 35.2 Å². The number of aryl methyl sites for hydroxylation is 3. The summed E-state index contributed by atoms with van der Waals surface area (Å²) >= 11 is 0. The van der Waals surface area contributed by atoms with Gasteiger partial charge in [-0.25, -0.2) is 0 Å². The van der Waals surface area contributed by atoms with E-state index in [1.807, 2.05) is 19.1 Å². The Morgan fingerprint density at radius 1 is 1.14 bits per heavy atom. The van der Waals surface area contributed by atoms with Crippen LogP contribution in [-0.2, 0) is 24.1 Å². The topological polar surface area (TPSA) is 50.2 Å². The minimum atomic E-state index is -0.818. The number of fused-ring (bicyclic) bond motifs is 1. The Labute approximate surface area is 124 Å². The first-order valence-electron chi connectivity index (χ1n) is 7.44. The summed E-state index contributed by atoms with van der Waals surface area (Å²) in [5.74, 6) is -0.818. The van der Waals surface area contributed by atoms with Crippen LogP contribution in [0.2, 0.25) is 0 Å². The molecule has 0 unspecified atom stereocenters. The summed E-state index contributed by atoms with van der Waals surface area (Å²) in [6.07, 6.45) is 4.91. The molecule has 2 aromatic rings. The molecule has 0 aliphatic heterocycles. The number of hydrogen-bond acceptors (Lipinski definition) is 2. The van der Waals surface area contributed by atoms with Crippen molar-refractivity contribution in [1.82, 2.24) is 4.98 Å². The summed E-state index contributed by atoms with van der Waals surface area (Å²) in [6.45, 7) is 1.88. The molecule has 0 bridgehead atoms. The second kappa shape index (κ2) is 5.68. The third kappa shape index (κ3) is 2.97. The highest BCUT2D eigenvalue weighted by Crippen LogP contribution is 2.27. The average molecular weight is 281 g/mol. The van der Waals surface area contributed by atoms with Crippen molar-refractivity contribution in [2.24, 2.45) is 0 Å². The molecular formula is C18H19NO2. The first-order chi connectivity index (χ1) is 10.1. The monoisotopic (exact) mass is 281 g/mol. The largest absolute Gasteiger partial charge is 0.481 e. The maximum Gasteiger partial charge on any atom is 0.307 e. The number of carboxylic acids is 1. The molecule has 1 N–H and O–H groups in total. The Bertz CT molecular complexity index is 692. The minimum Gasteiger partial charge on any atom is -0.481 e. The summed E-state index contributed by atoms with van der Waals surface area (Å²) in [4.78, 5) is 15.4. The van der Waals surface area contributed by atoms with Crippen LogP contribution in [0.25, 0.3) is 11.3 Å². The summed E-state index contributed by atoms with van der Waals surface area (Å²) in [7, 11) is 0. The molecule has 3 rings (SSSR count). The Balaban J connectivity index is 1.93. The maximum absolute atomic E-state index is 10.8. The second-order valence-corrected chi connectivity index (χ2v) is 5.70. The molecule has 1 aromatic heterocycles. The number of aliphatic carboxylic acids is 1. The van der Waals surface area contributed by atoms with Crippen LogP contribution in [0.15, 0.2) is 30.3 Å². The van der Waals surface area contributed by atoms with Gasteiger partial charge >= 0.3 is 5.97 Å². The van der Waals surface area contributed by atoms with E-state index in [2.05, 4.69) is 23.2 Å². The Kier molecular flexibility index (Phi) is 3.74. The van der Waals surface area contributed by atoms with Gasteiger partial charge in [-0.05, 0) is 61.4 Å². The number of hydrogen-bond donors (Lipinski definition) is 1. The van der Waals surface area contributed by atoms with Gasteiger partial charge in [0.25, 0.3) is 0 Å². The maximum atomic E-state index is 10.8. The standard InChI is InChI=1S/C18H19NO2/c1-12-14(11-18(20)21)8-9-17(19-12)16-7-6-13-4-2-3-5-15(13)10-16/h6-10H,2-5,11H2,1H3,(H,20,21). The molecule has 1 aliphatic rings. The molecule has 0 spiro atoms. The van der Waals surface area contributed by atoms with E-state index in [-0.39, 0.29) is 6.42 Å². The van der Waals surface area contributed by atoms with Gasteiger partial charge in [0.1, 0.15) is 0 Å². The third-order valence-corrected chi connectivity index (χ3v) is 4.18. The number of pyridine rings is 1. The number of aromatic nitrogens is 1. The first-order valence-corrected chi connectivity index (χ1v) is 7.44. The molecule has 1 aromatic carbocycles. The Morgan fingerprint density at radius 3 is 2.62 bits per heavy atom. The van der Waals surface area contributed by atoms with E-state index in [4.69, 9.17) is 5.11 Å². The number of nitrogens with zero attached hydrogens (tertiary/aromatic N) is 1. The fourth-order valence-electron chi connectivity index (χ4n) is 2.99. The van der Waals surface area contributed by atoms with E-state index in [1.165, 1.54) is 30.4 Å². The van der Waals surface area contributed by atoms with Gasteiger partial charge in [-0.3, -0.25) is 9.78 Å². The predicted molar refractivity (Wildman–Crippen MR) is 82.4 cm³/mol.